The van der Waals surface area contributed by atoms with Gasteiger partial charge in [0.1, 0.15) is 0 Å². The Morgan fingerprint density at radius 2 is 1.75 bits per heavy atom. The van der Waals surface area contributed by atoms with Gasteiger partial charge in [0.2, 0.25) is 0 Å². The normalized spacial score (nSPS) is 31.5. The Labute approximate surface area is 75.2 Å². The smallest absolute Gasteiger partial charge is 0.0207 e. The van der Waals surface area contributed by atoms with Crippen LogP contribution in [0.15, 0.2) is 12.3 Å². The molecule has 1 unspecified atom stereocenters. The summed E-state index contributed by atoms with van der Waals surface area (Å²) < 4.78 is 0. The van der Waals surface area contributed by atoms with Gasteiger partial charge < -0.3 is 5.32 Å². The molecule has 1 atom stereocenters. The second-order valence-corrected chi connectivity index (χ2v) is 4.18. The van der Waals surface area contributed by atoms with Crippen molar-refractivity contribution < 1.29 is 0 Å². The Kier molecular flexibility index (Phi) is 2.70. The summed E-state index contributed by atoms with van der Waals surface area (Å²) in [5, 5.41) is 3.31. The van der Waals surface area contributed by atoms with Gasteiger partial charge in [0.05, 0.1) is 0 Å². The zero-order chi connectivity index (χ0) is 8.23. The predicted octanol–water partition coefficient (Wildman–Crippen LogP) is 2.69. The Hall–Kier alpha value is -0.460. The molecule has 0 radical (unpaired) electrons. The lowest BCUT2D eigenvalue weighted by Gasteiger charge is -2.19. The first-order chi connectivity index (χ1) is 5.97. The standard InChI is InChI=1S/C11H19N/c1-2-4-6-10(5-3-1)11-7-8-12-9-11/h7-8,10-12H,1-6,9H2. The molecule has 0 spiro atoms. The number of hydrogen-bond donors (Lipinski definition) is 1. The second kappa shape index (κ2) is 3.97. The van der Waals surface area contributed by atoms with E-state index in [1.165, 1.54) is 45.1 Å². The van der Waals surface area contributed by atoms with Crippen molar-refractivity contribution in [1.82, 2.24) is 5.32 Å². The highest BCUT2D eigenvalue weighted by Crippen LogP contribution is 2.30. The van der Waals surface area contributed by atoms with Crippen molar-refractivity contribution in [3.8, 4) is 0 Å². The molecule has 0 aromatic heterocycles. The largest absolute Gasteiger partial charge is 0.391 e. The van der Waals surface area contributed by atoms with E-state index in [0.29, 0.717) is 0 Å². The van der Waals surface area contributed by atoms with Crippen LogP contribution in [0.25, 0.3) is 0 Å². The molecule has 0 aromatic rings. The molecule has 0 amide bonds. The fourth-order valence-corrected chi connectivity index (χ4v) is 2.53. The topological polar surface area (TPSA) is 12.0 Å². The Morgan fingerprint density at radius 1 is 1.00 bits per heavy atom. The van der Waals surface area contributed by atoms with E-state index in [1.807, 2.05) is 0 Å². The van der Waals surface area contributed by atoms with Crippen molar-refractivity contribution >= 4 is 0 Å². The minimum atomic E-state index is 0.850. The maximum Gasteiger partial charge on any atom is 0.0207 e. The quantitative estimate of drug-likeness (QED) is 0.589. The van der Waals surface area contributed by atoms with E-state index in [2.05, 4.69) is 17.6 Å². The van der Waals surface area contributed by atoms with E-state index >= 15 is 0 Å². The van der Waals surface area contributed by atoms with E-state index in [1.54, 1.807) is 0 Å². The average Bonchev–Trinajstić information content (AvgIpc) is 2.48. The molecule has 1 aliphatic carbocycles. The van der Waals surface area contributed by atoms with Crippen LogP contribution in [0.3, 0.4) is 0 Å². The summed E-state index contributed by atoms with van der Waals surface area (Å²) in [6.07, 6.45) is 13.3. The first-order valence-electron chi connectivity index (χ1n) is 5.37. The highest BCUT2D eigenvalue weighted by atomic mass is 14.9. The van der Waals surface area contributed by atoms with Crippen molar-refractivity contribution in [2.75, 3.05) is 6.54 Å². The lowest BCUT2D eigenvalue weighted by molar-refractivity contribution is 0.359. The third kappa shape index (κ3) is 1.82. The first kappa shape index (κ1) is 8.15. The fourth-order valence-electron chi connectivity index (χ4n) is 2.53. The molecule has 1 heteroatoms. The van der Waals surface area contributed by atoms with Gasteiger partial charge in [0.25, 0.3) is 0 Å². The maximum absolute atomic E-state index is 3.31. The van der Waals surface area contributed by atoms with Crippen molar-refractivity contribution in [2.45, 2.75) is 38.5 Å². The zero-order valence-electron chi connectivity index (χ0n) is 7.76. The molecule has 2 rings (SSSR count). The molecular formula is C11H19N. The Morgan fingerprint density at radius 3 is 2.33 bits per heavy atom. The van der Waals surface area contributed by atoms with Crippen LogP contribution in [-0.2, 0) is 0 Å². The summed E-state index contributed by atoms with van der Waals surface area (Å²) in [6, 6.07) is 0. The molecule has 2 aliphatic rings. The van der Waals surface area contributed by atoms with Crippen LogP contribution in [0, 0.1) is 11.8 Å². The maximum atomic E-state index is 3.31. The van der Waals surface area contributed by atoms with Crippen LogP contribution in [0.4, 0.5) is 0 Å². The average molecular weight is 165 g/mol. The summed E-state index contributed by atoms with van der Waals surface area (Å²) in [4.78, 5) is 0. The zero-order valence-corrected chi connectivity index (χ0v) is 7.76. The minimum Gasteiger partial charge on any atom is -0.391 e. The third-order valence-electron chi connectivity index (χ3n) is 3.32. The molecule has 0 aromatic carbocycles. The van der Waals surface area contributed by atoms with Gasteiger partial charge in [-0.25, -0.2) is 0 Å². The molecule has 1 fully saturated rings. The van der Waals surface area contributed by atoms with Crippen LogP contribution in [0.5, 0.6) is 0 Å². The summed E-state index contributed by atoms with van der Waals surface area (Å²) in [6.45, 7) is 1.20. The van der Waals surface area contributed by atoms with E-state index in [4.69, 9.17) is 0 Å². The van der Waals surface area contributed by atoms with Crippen LogP contribution >= 0.6 is 0 Å². The molecule has 68 valence electrons. The summed E-state index contributed by atoms with van der Waals surface area (Å²) in [7, 11) is 0. The Balaban J connectivity index is 1.87. The van der Waals surface area contributed by atoms with Gasteiger partial charge in [-0.15, -0.1) is 0 Å². The summed E-state index contributed by atoms with van der Waals surface area (Å²) in [5.41, 5.74) is 0. The third-order valence-corrected chi connectivity index (χ3v) is 3.32. The van der Waals surface area contributed by atoms with Crippen LogP contribution < -0.4 is 5.32 Å². The molecular weight excluding hydrogens is 146 g/mol. The highest BCUT2D eigenvalue weighted by Gasteiger charge is 2.21. The van der Waals surface area contributed by atoms with Gasteiger partial charge in [0, 0.05) is 6.54 Å². The molecule has 1 aliphatic heterocycles. The molecule has 1 nitrogen and oxygen atoms in total. The van der Waals surface area contributed by atoms with Crippen LogP contribution in [0.1, 0.15) is 38.5 Å². The van der Waals surface area contributed by atoms with Gasteiger partial charge in [-0.2, -0.15) is 0 Å². The first-order valence-corrected chi connectivity index (χ1v) is 5.37. The predicted molar refractivity (Wildman–Crippen MR) is 51.8 cm³/mol. The number of nitrogens with one attached hydrogen (secondary N) is 1. The summed E-state index contributed by atoms with van der Waals surface area (Å²) in [5.74, 6) is 1.84. The van der Waals surface area contributed by atoms with Crippen molar-refractivity contribution in [2.24, 2.45) is 11.8 Å². The van der Waals surface area contributed by atoms with Gasteiger partial charge in [-0.1, -0.05) is 31.8 Å². The number of hydrogen-bond acceptors (Lipinski definition) is 1. The highest BCUT2D eigenvalue weighted by molar-refractivity contribution is 4.98. The second-order valence-electron chi connectivity index (χ2n) is 4.18. The minimum absolute atomic E-state index is 0.850. The lowest BCUT2D eigenvalue weighted by Crippen LogP contribution is -2.18. The Bertz CT molecular complexity index is 154. The lowest BCUT2D eigenvalue weighted by atomic mass is 9.87. The molecule has 1 N–H and O–H groups in total. The van der Waals surface area contributed by atoms with Crippen LogP contribution in [0.2, 0.25) is 0 Å². The summed E-state index contributed by atoms with van der Waals surface area (Å²) >= 11 is 0. The molecule has 0 saturated heterocycles. The monoisotopic (exact) mass is 165 g/mol. The van der Waals surface area contributed by atoms with E-state index in [-0.39, 0.29) is 0 Å². The SMILES string of the molecule is C1=CC(C2CCCCCC2)CN1. The molecule has 0 bridgehead atoms. The number of rotatable bonds is 1. The van der Waals surface area contributed by atoms with Crippen LogP contribution in [-0.4, -0.2) is 6.54 Å². The van der Waals surface area contributed by atoms with Gasteiger partial charge in [0.15, 0.2) is 0 Å². The van der Waals surface area contributed by atoms with Crippen molar-refractivity contribution in [3.05, 3.63) is 12.3 Å². The van der Waals surface area contributed by atoms with E-state index < -0.39 is 0 Å². The molecule has 1 saturated carbocycles. The molecule has 12 heavy (non-hydrogen) atoms. The van der Waals surface area contributed by atoms with E-state index in [0.717, 1.165) is 11.8 Å². The fraction of sp³-hybridized carbons (Fsp3) is 0.818. The van der Waals surface area contributed by atoms with Crippen molar-refractivity contribution in [1.29, 1.82) is 0 Å². The van der Waals surface area contributed by atoms with E-state index in [9.17, 15) is 0 Å². The van der Waals surface area contributed by atoms with Crippen molar-refractivity contribution in [3.63, 3.8) is 0 Å². The van der Waals surface area contributed by atoms with Gasteiger partial charge >= 0.3 is 0 Å². The van der Waals surface area contributed by atoms with Gasteiger partial charge in [-0.3, -0.25) is 0 Å². The van der Waals surface area contributed by atoms with Gasteiger partial charge in [-0.05, 0) is 30.9 Å². The molecule has 1 heterocycles.